The highest BCUT2D eigenvalue weighted by atomic mass is 16.7. The van der Waals surface area contributed by atoms with E-state index in [2.05, 4.69) is 22.3 Å². The van der Waals surface area contributed by atoms with Crippen LogP contribution in [0.2, 0.25) is 0 Å². The number of hydrogen-bond donors (Lipinski definition) is 1. The Balaban J connectivity index is 1.31. The Hall–Kier alpha value is -1.43. The minimum absolute atomic E-state index is 0.0168. The third-order valence-electron chi connectivity index (χ3n) is 4.61. The molecule has 1 aromatic carbocycles. The van der Waals surface area contributed by atoms with Gasteiger partial charge in [0.05, 0.1) is 19.8 Å². The van der Waals surface area contributed by atoms with E-state index in [-0.39, 0.29) is 12.2 Å². The summed E-state index contributed by atoms with van der Waals surface area (Å²) >= 11 is 0. The second-order valence-electron chi connectivity index (χ2n) is 6.31. The summed E-state index contributed by atoms with van der Waals surface area (Å²) in [6, 6.07) is 10.2. The topological polar surface area (TPSA) is 50.8 Å². The highest BCUT2D eigenvalue weighted by Crippen LogP contribution is 2.25. The van der Waals surface area contributed by atoms with E-state index in [1.165, 1.54) is 5.56 Å². The van der Waals surface area contributed by atoms with E-state index in [1.807, 2.05) is 18.2 Å². The van der Waals surface area contributed by atoms with Gasteiger partial charge in [0.25, 0.3) is 0 Å². The number of nitrogens with zero attached hydrogens (tertiary/aromatic N) is 1. The molecule has 23 heavy (non-hydrogen) atoms. The van der Waals surface area contributed by atoms with Crippen molar-refractivity contribution in [3.63, 3.8) is 0 Å². The maximum Gasteiger partial charge on any atom is 0.234 e. The van der Waals surface area contributed by atoms with Crippen molar-refractivity contribution in [1.82, 2.24) is 10.2 Å². The molecule has 2 aliphatic rings. The fourth-order valence-electron chi connectivity index (χ4n) is 3.28. The molecule has 2 aliphatic heterocycles. The van der Waals surface area contributed by atoms with Crippen molar-refractivity contribution in [1.29, 1.82) is 0 Å². The minimum atomic E-state index is -0.0168. The first kappa shape index (κ1) is 16.4. The van der Waals surface area contributed by atoms with Gasteiger partial charge in [-0.1, -0.05) is 30.3 Å². The molecule has 0 spiro atoms. The van der Waals surface area contributed by atoms with Crippen molar-refractivity contribution in [3.05, 3.63) is 35.9 Å². The SMILES string of the molecule is O=C(CN1CCC(C2OCCO2)CC1)NCCc1ccccc1. The van der Waals surface area contributed by atoms with Gasteiger partial charge in [0.15, 0.2) is 6.29 Å². The molecule has 1 aromatic rings. The normalized spacial score (nSPS) is 20.7. The molecule has 3 rings (SSSR count). The largest absolute Gasteiger partial charge is 0.355 e. The molecule has 2 heterocycles. The van der Waals surface area contributed by atoms with Gasteiger partial charge in [-0.2, -0.15) is 0 Å². The van der Waals surface area contributed by atoms with Crippen molar-refractivity contribution < 1.29 is 14.3 Å². The molecule has 1 amide bonds. The van der Waals surface area contributed by atoms with Gasteiger partial charge >= 0.3 is 0 Å². The minimum Gasteiger partial charge on any atom is -0.355 e. The van der Waals surface area contributed by atoms with Crippen LogP contribution in [-0.4, -0.2) is 56.5 Å². The maximum atomic E-state index is 12.0. The van der Waals surface area contributed by atoms with E-state index in [4.69, 9.17) is 9.47 Å². The van der Waals surface area contributed by atoms with Crippen molar-refractivity contribution in [2.24, 2.45) is 5.92 Å². The van der Waals surface area contributed by atoms with E-state index in [0.717, 1.165) is 32.4 Å². The molecule has 0 atom stereocenters. The summed E-state index contributed by atoms with van der Waals surface area (Å²) in [5.74, 6) is 0.600. The van der Waals surface area contributed by atoms with Crippen molar-refractivity contribution in [2.75, 3.05) is 39.4 Å². The number of nitrogens with one attached hydrogen (secondary N) is 1. The van der Waals surface area contributed by atoms with Crippen LogP contribution >= 0.6 is 0 Å². The first-order chi connectivity index (χ1) is 11.3. The van der Waals surface area contributed by atoms with Crippen LogP contribution in [0.25, 0.3) is 0 Å². The second kappa shape index (κ2) is 8.43. The fraction of sp³-hybridized carbons (Fsp3) is 0.611. The molecule has 0 saturated carbocycles. The summed E-state index contributed by atoms with van der Waals surface area (Å²) in [7, 11) is 0. The molecule has 0 aliphatic carbocycles. The zero-order valence-corrected chi connectivity index (χ0v) is 13.6. The first-order valence-corrected chi connectivity index (χ1v) is 8.57. The fourth-order valence-corrected chi connectivity index (χ4v) is 3.28. The van der Waals surface area contributed by atoms with Gasteiger partial charge in [-0.15, -0.1) is 0 Å². The summed E-state index contributed by atoms with van der Waals surface area (Å²) in [5.41, 5.74) is 1.25. The Labute approximate surface area is 137 Å². The summed E-state index contributed by atoms with van der Waals surface area (Å²) in [5, 5.41) is 3.01. The van der Waals surface area contributed by atoms with Crippen LogP contribution in [0.15, 0.2) is 30.3 Å². The molecule has 0 unspecified atom stereocenters. The quantitative estimate of drug-likeness (QED) is 0.862. The van der Waals surface area contributed by atoms with Gasteiger partial charge in [0.1, 0.15) is 0 Å². The van der Waals surface area contributed by atoms with Gasteiger partial charge in [-0.05, 0) is 37.9 Å². The predicted molar refractivity (Wildman–Crippen MR) is 88.0 cm³/mol. The summed E-state index contributed by atoms with van der Waals surface area (Å²) < 4.78 is 11.2. The molecule has 0 radical (unpaired) electrons. The maximum absolute atomic E-state index is 12.0. The van der Waals surface area contributed by atoms with Crippen molar-refractivity contribution >= 4 is 5.91 Å². The van der Waals surface area contributed by atoms with E-state index >= 15 is 0 Å². The Morgan fingerprint density at radius 1 is 1.13 bits per heavy atom. The summed E-state index contributed by atoms with van der Waals surface area (Å²) in [6.45, 7) is 4.51. The number of likely N-dealkylation sites (tertiary alicyclic amines) is 1. The number of hydrogen-bond acceptors (Lipinski definition) is 4. The van der Waals surface area contributed by atoms with Crippen molar-refractivity contribution in [3.8, 4) is 0 Å². The molecule has 1 N–H and O–H groups in total. The number of benzene rings is 1. The number of piperidine rings is 1. The molecule has 126 valence electrons. The van der Waals surface area contributed by atoms with Crippen LogP contribution in [0.4, 0.5) is 0 Å². The third kappa shape index (κ3) is 5.03. The Morgan fingerprint density at radius 2 is 1.83 bits per heavy atom. The molecule has 0 aromatic heterocycles. The lowest BCUT2D eigenvalue weighted by atomic mass is 9.96. The Morgan fingerprint density at radius 3 is 2.52 bits per heavy atom. The van der Waals surface area contributed by atoms with Crippen LogP contribution in [0.5, 0.6) is 0 Å². The number of ether oxygens (including phenoxy) is 2. The van der Waals surface area contributed by atoms with Gasteiger partial charge in [-0.3, -0.25) is 9.69 Å². The van der Waals surface area contributed by atoms with E-state index in [1.54, 1.807) is 0 Å². The number of rotatable bonds is 6. The number of carbonyl (C=O) groups is 1. The second-order valence-corrected chi connectivity index (χ2v) is 6.31. The van der Waals surface area contributed by atoms with Crippen LogP contribution in [0.1, 0.15) is 18.4 Å². The smallest absolute Gasteiger partial charge is 0.234 e. The lowest BCUT2D eigenvalue weighted by Crippen LogP contribution is -2.43. The number of carbonyl (C=O) groups excluding carboxylic acids is 1. The lowest BCUT2D eigenvalue weighted by molar-refractivity contribution is -0.123. The Bertz CT molecular complexity index is 480. The zero-order valence-electron chi connectivity index (χ0n) is 13.6. The van der Waals surface area contributed by atoms with E-state index in [9.17, 15) is 4.79 Å². The van der Waals surface area contributed by atoms with Crippen LogP contribution in [0, 0.1) is 5.92 Å². The predicted octanol–water partition coefficient (Wildman–Crippen LogP) is 1.43. The first-order valence-electron chi connectivity index (χ1n) is 8.57. The van der Waals surface area contributed by atoms with E-state index < -0.39 is 0 Å². The molecule has 5 nitrogen and oxygen atoms in total. The zero-order chi connectivity index (χ0) is 15.9. The molecule has 5 heteroatoms. The highest BCUT2D eigenvalue weighted by molar-refractivity contribution is 5.78. The average Bonchev–Trinajstić information content (AvgIpc) is 3.11. The average molecular weight is 318 g/mol. The van der Waals surface area contributed by atoms with E-state index in [0.29, 0.717) is 32.2 Å². The molecular weight excluding hydrogens is 292 g/mol. The van der Waals surface area contributed by atoms with Gasteiger partial charge in [0.2, 0.25) is 5.91 Å². The summed E-state index contributed by atoms with van der Waals surface area (Å²) in [6.07, 6.45) is 2.95. The number of amides is 1. The third-order valence-corrected chi connectivity index (χ3v) is 4.61. The molecular formula is C18H26N2O3. The lowest BCUT2D eigenvalue weighted by Gasteiger charge is -2.33. The molecule has 2 saturated heterocycles. The van der Waals surface area contributed by atoms with Crippen LogP contribution in [-0.2, 0) is 20.7 Å². The molecule has 2 fully saturated rings. The standard InChI is InChI=1S/C18H26N2O3/c21-17(19-9-6-15-4-2-1-3-5-15)14-20-10-7-16(8-11-20)18-22-12-13-23-18/h1-5,16,18H,6-14H2,(H,19,21). The van der Waals surface area contributed by atoms with Gasteiger partial charge in [-0.25, -0.2) is 0 Å². The van der Waals surface area contributed by atoms with Gasteiger partial charge in [0, 0.05) is 12.5 Å². The van der Waals surface area contributed by atoms with Crippen LogP contribution in [0.3, 0.4) is 0 Å². The molecule has 0 bridgehead atoms. The highest BCUT2D eigenvalue weighted by Gasteiger charge is 2.30. The monoisotopic (exact) mass is 318 g/mol. The Kier molecular flexibility index (Phi) is 6.02. The van der Waals surface area contributed by atoms with Crippen molar-refractivity contribution in [2.45, 2.75) is 25.6 Å². The van der Waals surface area contributed by atoms with Crippen LogP contribution < -0.4 is 5.32 Å². The van der Waals surface area contributed by atoms with Gasteiger partial charge < -0.3 is 14.8 Å². The summed E-state index contributed by atoms with van der Waals surface area (Å²) in [4.78, 5) is 14.3.